The summed E-state index contributed by atoms with van der Waals surface area (Å²) in [6.07, 6.45) is 3.10. The van der Waals surface area contributed by atoms with E-state index in [1.165, 1.54) is 0 Å². The number of nitrogens with one attached hydrogen (secondary N) is 1. The van der Waals surface area contributed by atoms with Gasteiger partial charge in [0.15, 0.2) is 5.58 Å². The fraction of sp³-hybridized carbons (Fsp3) is 0.417. The second kappa shape index (κ2) is 3.49. The van der Waals surface area contributed by atoms with Crippen LogP contribution in [0.5, 0.6) is 0 Å². The lowest BCUT2D eigenvalue weighted by molar-refractivity contribution is 0.141. The Hall–Kier alpha value is -1.55. The molecule has 1 aliphatic carbocycles. The smallest absolute Gasteiger partial charge is 0.296 e. The van der Waals surface area contributed by atoms with Crippen LogP contribution in [0.15, 0.2) is 28.7 Å². The van der Waals surface area contributed by atoms with E-state index in [-0.39, 0.29) is 12.1 Å². The summed E-state index contributed by atoms with van der Waals surface area (Å²) >= 11 is 0. The highest BCUT2D eigenvalue weighted by molar-refractivity contribution is 5.74. The van der Waals surface area contributed by atoms with Crippen LogP contribution in [0.1, 0.15) is 19.3 Å². The van der Waals surface area contributed by atoms with Gasteiger partial charge >= 0.3 is 0 Å². The number of rotatable bonds is 3. The number of benzene rings is 1. The molecule has 0 bridgehead atoms. The molecule has 1 fully saturated rings. The number of para-hydroxylation sites is 2. The molecule has 1 aliphatic rings. The molecule has 1 heterocycles. The van der Waals surface area contributed by atoms with Crippen molar-refractivity contribution in [3.05, 3.63) is 24.3 Å². The van der Waals surface area contributed by atoms with Crippen LogP contribution in [0.2, 0.25) is 0 Å². The fourth-order valence-electron chi connectivity index (χ4n) is 2.08. The summed E-state index contributed by atoms with van der Waals surface area (Å²) in [6.45, 7) is 0.131. The van der Waals surface area contributed by atoms with Crippen molar-refractivity contribution in [2.24, 2.45) is 0 Å². The summed E-state index contributed by atoms with van der Waals surface area (Å²) in [5.74, 6) is 0. The van der Waals surface area contributed by atoms with Crippen molar-refractivity contribution in [1.29, 1.82) is 0 Å². The number of aromatic nitrogens is 1. The summed E-state index contributed by atoms with van der Waals surface area (Å²) < 4.78 is 5.57. The van der Waals surface area contributed by atoms with Gasteiger partial charge in [-0.1, -0.05) is 12.1 Å². The first-order chi connectivity index (χ1) is 7.81. The zero-order valence-electron chi connectivity index (χ0n) is 8.94. The van der Waals surface area contributed by atoms with Crippen molar-refractivity contribution in [1.82, 2.24) is 4.98 Å². The van der Waals surface area contributed by atoms with Crippen LogP contribution < -0.4 is 5.32 Å². The van der Waals surface area contributed by atoms with E-state index in [4.69, 9.17) is 4.42 Å². The molecular formula is C12H14N2O2. The van der Waals surface area contributed by atoms with Gasteiger partial charge in [0.1, 0.15) is 5.52 Å². The lowest BCUT2D eigenvalue weighted by Crippen LogP contribution is -2.48. The summed E-state index contributed by atoms with van der Waals surface area (Å²) in [6, 6.07) is 8.16. The van der Waals surface area contributed by atoms with Gasteiger partial charge in [0, 0.05) is 0 Å². The molecule has 2 N–H and O–H groups in total. The average Bonchev–Trinajstić information content (AvgIpc) is 2.65. The van der Waals surface area contributed by atoms with E-state index in [1.54, 1.807) is 0 Å². The van der Waals surface area contributed by atoms with Gasteiger partial charge in [-0.25, -0.2) is 0 Å². The Balaban J connectivity index is 1.89. The van der Waals surface area contributed by atoms with Gasteiger partial charge in [0.05, 0.1) is 12.1 Å². The van der Waals surface area contributed by atoms with E-state index in [2.05, 4.69) is 10.3 Å². The fourth-order valence-corrected chi connectivity index (χ4v) is 2.08. The Kier molecular flexibility index (Phi) is 2.11. The van der Waals surface area contributed by atoms with Crippen LogP contribution in [0.3, 0.4) is 0 Å². The monoisotopic (exact) mass is 218 g/mol. The van der Waals surface area contributed by atoms with Crippen molar-refractivity contribution < 1.29 is 9.52 Å². The molecule has 0 radical (unpaired) electrons. The Morgan fingerprint density at radius 1 is 1.38 bits per heavy atom. The Labute approximate surface area is 93.3 Å². The molecule has 16 heavy (non-hydrogen) atoms. The first-order valence-electron chi connectivity index (χ1n) is 5.56. The van der Waals surface area contributed by atoms with E-state index in [0.717, 1.165) is 30.4 Å². The molecule has 0 atom stereocenters. The average molecular weight is 218 g/mol. The molecule has 0 aliphatic heterocycles. The number of oxazole rings is 1. The topological polar surface area (TPSA) is 58.3 Å². The Morgan fingerprint density at radius 3 is 2.81 bits per heavy atom. The van der Waals surface area contributed by atoms with Gasteiger partial charge < -0.3 is 14.8 Å². The van der Waals surface area contributed by atoms with E-state index in [1.807, 2.05) is 24.3 Å². The van der Waals surface area contributed by atoms with Gasteiger partial charge in [-0.05, 0) is 31.4 Å². The minimum absolute atomic E-state index is 0.131. The number of aliphatic hydroxyl groups is 1. The normalized spacial score (nSPS) is 18.3. The van der Waals surface area contributed by atoms with Gasteiger partial charge in [0.25, 0.3) is 6.01 Å². The zero-order valence-corrected chi connectivity index (χ0v) is 8.94. The molecule has 3 rings (SSSR count). The number of anilines is 1. The molecule has 2 aromatic rings. The van der Waals surface area contributed by atoms with Crippen LogP contribution >= 0.6 is 0 Å². The van der Waals surface area contributed by atoms with Crippen LogP contribution in [-0.4, -0.2) is 22.2 Å². The highest BCUT2D eigenvalue weighted by atomic mass is 16.4. The van der Waals surface area contributed by atoms with Crippen molar-refractivity contribution in [2.75, 3.05) is 11.9 Å². The van der Waals surface area contributed by atoms with E-state index in [9.17, 15) is 5.11 Å². The van der Waals surface area contributed by atoms with Gasteiger partial charge in [-0.15, -0.1) is 0 Å². The third-order valence-corrected chi connectivity index (χ3v) is 3.28. The summed E-state index contributed by atoms with van der Waals surface area (Å²) in [7, 11) is 0. The second-order valence-corrected chi connectivity index (χ2v) is 4.40. The third-order valence-electron chi connectivity index (χ3n) is 3.28. The largest absolute Gasteiger partial charge is 0.424 e. The lowest BCUT2D eigenvalue weighted by atomic mass is 9.77. The molecule has 4 nitrogen and oxygen atoms in total. The molecule has 0 unspecified atom stereocenters. The van der Waals surface area contributed by atoms with Crippen molar-refractivity contribution in [3.63, 3.8) is 0 Å². The lowest BCUT2D eigenvalue weighted by Gasteiger charge is -2.40. The summed E-state index contributed by atoms with van der Waals surface area (Å²) in [5.41, 5.74) is 1.41. The molecule has 84 valence electrons. The van der Waals surface area contributed by atoms with E-state index in [0.29, 0.717) is 6.01 Å². The molecule has 4 heteroatoms. The van der Waals surface area contributed by atoms with E-state index >= 15 is 0 Å². The maximum Gasteiger partial charge on any atom is 0.296 e. The van der Waals surface area contributed by atoms with Gasteiger partial charge in [0.2, 0.25) is 0 Å². The highest BCUT2D eigenvalue weighted by Crippen LogP contribution is 2.35. The van der Waals surface area contributed by atoms with Gasteiger partial charge in [-0.3, -0.25) is 0 Å². The Morgan fingerprint density at radius 2 is 2.19 bits per heavy atom. The summed E-state index contributed by atoms with van der Waals surface area (Å²) in [5, 5.41) is 12.5. The first kappa shape index (κ1) is 9.66. The number of hydrogen-bond donors (Lipinski definition) is 2. The number of nitrogens with zero attached hydrogens (tertiary/aromatic N) is 1. The summed E-state index contributed by atoms with van der Waals surface area (Å²) in [4.78, 5) is 4.34. The number of fused-ring (bicyclic) bond motifs is 1. The predicted octanol–water partition coefficient (Wildman–Crippen LogP) is 2.15. The molecule has 0 amide bonds. The second-order valence-electron chi connectivity index (χ2n) is 4.40. The minimum Gasteiger partial charge on any atom is -0.424 e. The molecule has 1 saturated carbocycles. The molecule has 1 aromatic heterocycles. The number of aliphatic hydroxyl groups excluding tert-OH is 1. The van der Waals surface area contributed by atoms with Crippen LogP contribution in [0.4, 0.5) is 6.01 Å². The molecule has 1 aromatic carbocycles. The minimum atomic E-state index is -0.207. The standard InChI is InChI=1S/C12H14N2O2/c15-8-12(6-3-7-12)14-11-13-9-4-1-2-5-10(9)16-11/h1-2,4-5,15H,3,6-8H2,(H,13,14). The first-order valence-corrected chi connectivity index (χ1v) is 5.56. The van der Waals surface area contributed by atoms with Crippen LogP contribution in [0.25, 0.3) is 11.1 Å². The highest BCUT2D eigenvalue weighted by Gasteiger charge is 2.37. The number of hydrogen-bond acceptors (Lipinski definition) is 4. The van der Waals surface area contributed by atoms with Gasteiger partial charge in [-0.2, -0.15) is 4.98 Å². The van der Waals surface area contributed by atoms with Crippen molar-refractivity contribution in [2.45, 2.75) is 24.8 Å². The predicted molar refractivity (Wildman–Crippen MR) is 61.3 cm³/mol. The van der Waals surface area contributed by atoms with E-state index < -0.39 is 0 Å². The maximum absolute atomic E-state index is 9.34. The molecule has 0 spiro atoms. The molecule has 0 saturated heterocycles. The maximum atomic E-state index is 9.34. The molecular weight excluding hydrogens is 204 g/mol. The third kappa shape index (κ3) is 1.46. The van der Waals surface area contributed by atoms with Crippen LogP contribution in [-0.2, 0) is 0 Å². The SMILES string of the molecule is OCC1(Nc2nc3ccccc3o2)CCC1. The zero-order chi connectivity index (χ0) is 11.0. The quantitative estimate of drug-likeness (QED) is 0.828. The van der Waals surface area contributed by atoms with Crippen molar-refractivity contribution >= 4 is 17.1 Å². The van der Waals surface area contributed by atoms with Crippen molar-refractivity contribution in [3.8, 4) is 0 Å². The Bertz CT molecular complexity index is 464. The van der Waals surface area contributed by atoms with Crippen LogP contribution in [0, 0.1) is 0 Å².